The summed E-state index contributed by atoms with van der Waals surface area (Å²) in [6.45, 7) is 0. The van der Waals surface area contributed by atoms with E-state index in [9.17, 15) is 22.8 Å². The van der Waals surface area contributed by atoms with Crippen molar-refractivity contribution in [3.8, 4) is 11.5 Å². The lowest BCUT2D eigenvalue weighted by Crippen LogP contribution is -2.32. The smallest absolute Gasteiger partial charge is 0.416 e. The summed E-state index contributed by atoms with van der Waals surface area (Å²) >= 11 is 0. The molecule has 0 heterocycles. The number of rotatable bonds is 5. The maximum atomic E-state index is 12.7. The van der Waals surface area contributed by atoms with Crippen molar-refractivity contribution < 1.29 is 32.2 Å². The normalized spacial score (nSPS) is 11.2. The maximum absolute atomic E-state index is 12.7. The summed E-state index contributed by atoms with van der Waals surface area (Å²) in [7, 11) is 2.88. The monoisotopic (exact) mass is 395 g/mol. The highest BCUT2D eigenvalue weighted by Crippen LogP contribution is 2.31. The first-order valence-corrected chi connectivity index (χ1v) is 7.79. The molecule has 2 aromatic carbocycles. The number of hydrogen-bond donors (Lipinski definition) is 2. The quantitative estimate of drug-likeness (QED) is 0.463. The SMILES string of the molecule is COc1cccc(/C=N\NC(=O)C(=O)Nc2cccc(C(F)(F)F)c2)c1OC. The Hall–Kier alpha value is -3.56. The van der Waals surface area contributed by atoms with E-state index in [4.69, 9.17) is 9.47 Å². The molecule has 0 fully saturated rings. The Morgan fingerprint density at radius 1 is 1.04 bits per heavy atom. The lowest BCUT2D eigenvalue weighted by atomic mass is 10.2. The second-order valence-corrected chi connectivity index (χ2v) is 5.31. The molecule has 28 heavy (non-hydrogen) atoms. The zero-order valence-electron chi connectivity index (χ0n) is 14.8. The van der Waals surface area contributed by atoms with Crippen molar-refractivity contribution in [2.45, 2.75) is 6.18 Å². The summed E-state index contributed by atoms with van der Waals surface area (Å²) in [5.41, 5.74) is 1.33. The molecular weight excluding hydrogens is 379 g/mol. The molecule has 2 rings (SSSR count). The van der Waals surface area contributed by atoms with Gasteiger partial charge in [-0.15, -0.1) is 0 Å². The number of carbonyl (C=O) groups excluding carboxylic acids is 2. The van der Waals surface area contributed by atoms with E-state index in [1.165, 1.54) is 26.5 Å². The third-order valence-corrected chi connectivity index (χ3v) is 3.46. The molecule has 0 spiro atoms. The molecule has 0 saturated heterocycles. The van der Waals surface area contributed by atoms with Gasteiger partial charge >= 0.3 is 18.0 Å². The first-order chi connectivity index (χ1) is 13.3. The first kappa shape index (κ1) is 20.7. The van der Waals surface area contributed by atoms with Gasteiger partial charge in [0.1, 0.15) is 0 Å². The van der Waals surface area contributed by atoms with Gasteiger partial charge in [0.25, 0.3) is 0 Å². The molecule has 10 heteroatoms. The van der Waals surface area contributed by atoms with Crippen LogP contribution in [0.3, 0.4) is 0 Å². The van der Waals surface area contributed by atoms with E-state index in [-0.39, 0.29) is 5.69 Å². The number of ether oxygens (including phenoxy) is 2. The van der Waals surface area contributed by atoms with Gasteiger partial charge in [0.2, 0.25) is 0 Å². The van der Waals surface area contributed by atoms with E-state index in [1.807, 2.05) is 5.43 Å². The van der Waals surface area contributed by atoms with Crippen molar-refractivity contribution in [1.82, 2.24) is 5.43 Å². The second-order valence-electron chi connectivity index (χ2n) is 5.31. The van der Waals surface area contributed by atoms with Gasteiger partial charge in [-0.2, -0.15) is 18.3 Å². The molecule has 0 radical (unpaired) electrons. The maximum Gasteiger partial charge on any atom is 0.416 e. The van der Waals surface area contributed by atoms with E-state index in [0.717, 1.165) is 18.2 Å². The summed E-state index contributed by atoms with van der Waals surface area (Å²) < 4.78 is 48.3. The summed E-state index contributed by atoms with van der Waals surface area (Å²) in [5.74, 6) is -1.51. The van der Waals surface area contributed by atoms with Crippen molar-refractivity contribution >= 4 is 23.7 Å². The van der Waals surface area contributed by atoms with Crippen molar-refractivity contribution in [1.29, 1.82) is 0 Å². The van der Waals surface area contributed by atoms with E-state index >= 15 is 0 Å². The van der Waals surface area contributed by atoms with Gasteiger partial charge in [0.15, 0.2) is 11.5 Å². The average Bonchev–Trinajstić information content (AvgIpc) is 2.67. The second kappa shape index (κ2) is 8.89. The van der Waals surface area contributed by atoms with Crippen molar-refractivity contribution in [3.63, 3.8) is 0 Å². The molecule has 2 amide bonds. The van der Waals surface area contributed by atoms with Crippen molar-refractivity contribution in [3.05, 3.63) is 53.6 Å². The van der Waals surface area contributed by atoms with E-state index < -0.39 is 23.6 Å². The van der Waals surface area contributed by atoms with Crippen LogP contribution in [0.25, 0.3) is 0 Å². The fourth-order valence-corrected chi connectivity index (χ4v) is 2.19. The highest BCUT2D eigenvalue weighted by molar-refractivity contribution is 6.39. The van der Waals surface area contributed by atoms with Crippen LogP contribution in [0.2, 0.25) is 0 Å². The van der Waals surface area contributed by atoms with Gasteiger partial charge < -0.3 is 14.8 Å². The lowest BCUT2D eigenvalue weighted by Gasteiger charge is -2.10. The number of methoxy groups -OCH3 is 2. The number of halogens is 3. The van der Waals surface area contributed by atoms with Crippen LogP contribution in [0.4, 0.5) is 18.9 Å². The summed E-state index contributed by atoms with van der Waals surface area (Å²) in [6.07, 6.45) is -3.33. The van der Waals surface area contributed by atoms with E-state index in [1.54, 1.807) is 18.2 Å². The van der Waals surface area contributed by atoms with Crippen molar-refractivity contribution in [2.75, 3.05) is 19.5 Å². The van der Waals surface area contributed by atoms with Gasteiger partial charge in [0, 0.05) is 11.3 Å². The minimum absolute atomic E-state index is 0.173. The minimum atomic E-state index is -4.57. The molecule has 7 nitrogen and oxygen atoms in total. The summed E-state index contributed by atoms with van der Waals surface area (Å²) in [6, 6.07) is 8.88. The van der Waals surface area contributed by atoms with Crippen LogP contribution in [0.1, 0.15) is 11.1 Å². The molecule has 2 aromatic rings. The van der Waals surface area contributed by atoms with Gasteiger partial charge in [-0.25, -0.2) is 5.43 Å². The molecule has 0 aromatic heterocycles. The Morgan fingerprint density at radius 2 is 1.75 bits per heavy atom. The van der Waals surface area contributed by atoms with Gasteiger partial charge in [-0.3, -0.25) is 9.59 Å². The highest BCUT2D eigenvalue weighted by Gasteiger charge is 2.30. The number of benzene rings is 2. The standard InChI is InChI=1S/C18H16F3N3O4/c1-27-14-8-3-5-11(15(14)28-2)10-22-24-17(26)16(25)23-13-7-4-6-12(9-13)18(19,20)21/h3-10H,1-2H3,(H,23,25)(H,24,26)/b22-10-. The van der Waals surface area contributed by atoms with Crippen LogP contribution in [-0.4, -0.2) is 32.2 Å². The fourth-order valence-electron chi connectivity index (χ4n) is 2.19. The molecular formula is C18H16F3N3O4. The third-order valence-electron chi connectivity index (χ3n) is 3.46. The van der Waals surface area contributed by atoms with Gasteiger partial charge in [-0.05, 0) is 30.3 Å². The molecule has 0 aliphatic heterocycles. The molecule has 2 N–H and O–H groups in total. The van der Waals surface area contributed by atoms with Crippen LogP contribution in [-0.2, 0) is 15.8 Å². The van der Waals surface area contributed by atoms with Crippen LogP contribution >= 0.6 is 0 Å². The molecule has 0 unspecified atom stereocenters. The Bertz CT molecular complexity index is 898. The number of alkyl halides is 3. The third kappa shape index (κ3) is 5.22. The molecule has 148 valence electrons. The largest absolute Gasteiger partial charge is 0.493 e. The lowest BCUT2D eigenvalue weighted by molar-refractivity contribution is -0.137. The van der Waals surface area contributed by atoms with Crippen LogP contribution < -0.4 is 20.2 Å². The zero-order valence-corrected chi connectivity index (χ0v) is 14.8. The average molecular weight is 395 g/mol. The predicted molar refractivity (Wildman–Crippen MR) is 95.4 cm³/mol. The minimum Gasteiger partial charge on any atom is -0.493 e. The number of anilines is 1. The number of nitrogens with one attached hydrogen (secondary N) is 2. The molecule has 0 aliphatic rings. The zero-order chi connectivity index (χ0) is 20.7. The van der Waals surface area contributed by atoms with E-state index in [2.05, 4.69) is 10.4 Å². The molecule has 0 aliphatic carbocycles. The van der Waals surface area contributed by atoms with Crippen LogP contribution in [0.15, 0.2) is 47.6 Å². The Morgan fingerprint density at radius 3 is 2.39 bits per heavy atom. The summed E-state index contributed by atoms with van der Waals surface area (Å²) in [4.78, 5) is 23.6. The fraction of sp³-hybridized carbons (Fsp3) is 0.167. The van der Waals surface area contributed by atoms with Crippen LogP contribution in [0, 0.1) is 0 Å². The van der Waals surface area contributed by atoms with Gasteiger partial charge in [0.05, 0.1) is 26.0 Å². The highest BCUT2D eigenvalue weighted by atomic mass is 19.4. The Kier molecular flexibility index (Phi) is 6.59. The summed E-state index contributed by atoms with van der Waals surface area (Å²) in [5, 5.41) is 5.72. The van der Waals surface area contributed by atoms with E-state index in [0.29, 0.717) is 17.1 Å². The number of hydrazone groups is 1. The number of nitrogens with zero attached hydrogens (tertiary/aromatic N) is 1. The predicted octanol–water partition coefficient (Wildman–Crippen LogP) is 2.81. The number of para-hydroxylation sites is 1. The van der Waals surface area contributed by atoms with Crippen LogP contribution in [0.5, 0.6) is 11.5 Å². The first-order valence-electron chi connectivity index (χ1n) is 7.79. The number of hydrogen-bond acceptors (Lipinski definition) is 5. The molecule has 0 atom stereocenters. The Labute approximate surface area is 158 Å². The topological polar surface area (TPSA) is 89.0 Å². The van der Waals surface area contributed by atoms with Gasteiger partial charge in [-0.1, -0.05) is 12.1 Å². The number of carbonyl (C=O) groups is 2. The van der Waals surface area contributed by atoms with Crippen molar-refractivity contribution in [2.24, 2.45) is 5.10 Å². The molecule has 0 saturated carbocycles. The Balaban J connectivity index is 2.02. The molecule has 0 bridgehead atoms. The number of amides is 2.